The largest absolute Gasteiger partial charge is 0.494 e. The predicted molar refractivity (Wildman–Crippen MR) is 108 cm³/mol. The van der Waals surface area contributed by atoms with E-state index in [0.29, 0.717) is 48.7 Å². The van der Waals surface area contributed by atoms with Crippen LogP contribution in [0.1, 0.15) is 41.0 Å². The van der Waals surface area contributed by atoms with Crippen LogP contribution in [-0.2, 0) is 4.79 Å². The highest BCUT2D eigenvalue weighted by molar-refractivity contribution is 6.04. The van der Waals surface area contributed by atoms with Crippen molar-refractivity contribution in [1.29, 1.82) is 0 Å². The maximum absolute atomic E-state index is 12.3. The van der Waals surface area contributed by atoms with Crippen molar-refractivity contribution in [2.75, 3.05) is 25.0 Å². The molecule has 0 heterocycles. The number of hydrogen-bond donors (Lipinski definition) is 3. The van der Waals surface area contributed by atoms with E-state index in [1.807, 2.05) is 6.92 Å². The normalized spacial score (nSPS) is 10.1. The highest BCUT2D eigenvalue weighted by Gasteiger charge is 2.08. The Hall–Kier alpha value is -3.35. The van der Waals surface area contributed by atoms with Crippen LogP contribution in [0.15, 0.2) is 48.5 Å². The molecule has 0 aliphatic carbocycles. The Bertz CT molecular complexity index is 801. The third-order valence-corrected chi connectivity index (χ3v) is 3.89. The minimum atomic E-state index is -0.244. The lowest BCUT2D eigenvalue weighted by molar-refractivity contribution is -0.120. The number of rotatable bonds is 9. The van der Waals surface area contributed by atoms with Crippen LogP contribution in [0, 0.1) is 0 Å². The Morgan fingerprint density at radius 1 is 0.786 bits per heavy atom. The lowest BCUT2D eigenvalue weighted by Crippen LogP contribution is -2.34. The van der Waals surface area contributed by atoms with Crippen molar-refractivity contribution in [3.63, 3.8) is 0 Å². The van der Waals surface area contributed by atoms with Gasteiger partial charge in [0.25, 0.3) is 11.8 Å². The van der Waals surface area contributed by atoms with E-state index in [2.05, 4.69) is 16.0 Å². The van der Waals surface area contributed by atoms with Crippen molar-refractivity contribution in [1.82, 2.24) is 10.6 Å². The molecule has 2 aromatic carbocycles. The van der Waals surface area contributed by atoms with Crippen LogP contribution in [0.3, 0.4) is 0 Å². The third-order valence-electron chi connectivity index (χ3n) is 3.89. The van der Waals surface area contributed by atoms with Crippen molar-refractivity contribution in [2.45, 2.75) is 20.3 Å². The second-order valence-corrected chi connectivity index (χ2v) is 5.95. The molecule has 0 spiro atoms. The summed E-state index contributed by atoms with van der Waals surface area (Å²) >= 11 is 0. The quantitative estimate of drug-likeness (QED) is 0.580. The van der Waals surface area contributed by atoms with Crippen molar-refractivity contribution in [3.8, 4) is 5.75 Å². The van der Waals surface area contributed by atoms with Crippen LogP contribution in [0.25, 0.3) is 0 Å². The molecule has 0 atom stereocenters. The van der Waals surface area contributed by atoms with Gasteiger partial charge in [-0.3, -0.25) is 14.4 Å². The van der Waals surface area contributed by atoms with Crippen LogP contribution < -0.4 is 20.7 Å². The van der Waals surface area contributed by atoms with Gasteiger partial charge >= 0.3 is 0 Å². The molecule has 28 heavy (non-hydrogen) atoms. The molecule has 7 heteroatoms. The average Bonchev–Trinajstić information content (AvgIpc) is 2.72. The van der Waals surface area contributed by atoms with Gasteiger partial charge in [-0.25, -0.2) is 0 Å². The Morgan fingerprint density at radius 3 is 1.96 bits per heavy atom. The number of carbonyl (C=O) groups is 3. The van der Waals surface area contributed by atoms with Crippen molar-refractivity contribution in [3.05, 3.63) is 59.7 Å². The molecule has 2 rings (SSSR count). The summed E-state index contributed by atoms with van der Waals surface area (Å²) in [6.45, 7) is 4.97. The summed E-state index contributed by atoms with van der Waals surface area (Å²) in [5.74, 6) is 0.174. The standard InChI is InChI=1S/C21H25N3O4/c1-3-19(25)22-13-14-23-20(26)15-5-9-17(10-6-15)24-21(27)16-7-11-18(12-8-16)28-4-2/h5-12H,3-4,13-14H2,1-2H3,(H,22,25)(H,23,26)(H,24,27). The monoisotopic (exact) mass is 383 g/mol. The van der Waals surface area contributed by atoms with Gasteiger partial charge in [-0.1, -0.05) is 6.92 Å². The molecule has 3 N–H and O–H groups in total. The van der Waals surface area contributed by atoms with Gasteiger partial charge in [-0.05, 0) is 55.5 Å². The summed E-state index contributed by atoms with van der Waals surface area (Å²) in [7, 11) is 0. The van der Waals surface area contributed by atoms with Gasteiger partial charge in [0.1, 0.15) is 5.75 Å². The number of benzene rings is 2. The molecule has 3 amide bonds. The zero-order chi connectivity index (χ0) is 20.4. The second kappa shape index (κ2) is 10.7. The molecule has 148 valence electrons. The summed E-state index contributed by atoms with van der Waals surface area (Å²) in [6.07, 6.45) is 0.414. The Balaban J connectivity index is 1.85. The molecule has 0 aliphatic rings. The number of anilines is 1. The minimum absolute atomic E-state index is 0.0538. The van der Waals surface area contributed by atoms with Gasteiger partial charge in [-0.15, -0.1) is 0 Å². The fourth-order valence-corrected chi connectivity index (χ4v) is 2.38. The van der Waals surface area contributed by atoms with Crippen LogP contribution in [0.2, 0.25) is 0 Å². The maximum Gasteiger partial charge on any atom is 0.255 e. The highest BCUT2D eigenvalue weighted by atomic mass is 16.5. The zero-order valence-electron chi connectivity index (χ0n) is 16.1. The summed E-state index contributed by atoms with van der Waals surface area (Å²) in [5, 5.41) is 8.20. The van der Waals surface area contributed by atoms with Gasteiger partial charge in [0.2, 0.25) is 5.91 Å². The molecule has 7 nitrogen and oxygen atoms in total. The van der Waals surface area contributed by atoms with Crippen LogP contribution in [0.4, 0.5) is 5.69 Å². The van der Waals surface area contributed by atoms with E-state index in [0.717, 1.165) is 0 Å². The molecule has 0 aromatic heterocycles. The number of amides is 3. The highest BCUT2D eigenvalue weighted by Crippen LogP contribution is 2.15. The summed E-state index contributed by atoms with van der Waals surface area (Å²) in [4.78, 5) is 35.5. The third kappa shape index (κ3) is 6.42. The molecule has 0 fully saturated rings. The lowest BCUT2D eigenvalue weighted by atomic mass is 10.1. The van der Waals surface area contributed by atoms with E-state index in [1.165, 1.54) is 0 Å². The number of carbonyl (C=O) groups excluding carboxylic acids is 3. The first-order valence-electron chi connectivity index (χ1n) is 9.22. The number of ether oxygens (including phenoxy) is 1. The Kier molecular flexibility index (Phi) is 8.02. The molecule has 0 unspecified atom stereocenters. The number of hydrogen-bond acceptors (Lipinski definition) is 4. The second-order valence-electron chi connectivity index (χ2n) is 5.95. The van der Waals surface area contributed by atoms with Crippen molar-refractivity contribution in [2.24, 2.45) is 0 Å². The topological polar surface area (TPSA) is 96.5 Å². The van der Waals surface area contributed by atoms with E-state index >= 15 is 0 Å². The van der Waals surface area contributed by atoms with Crippen molar-refractivity contribution < 1.29 is 19.1 Å². The molecule has 2 aromatic rings. The fraction of sp³-hybridized carbons (Fsp3) is 0.286. The SMILES string of the molecule is CCOc1ccc(C(=O)Nc2ccc(C(=O)NCCNC(=O)CC)cc2)cc1. The van der Waals surface area contributed by atoms with E-state index in [4.69, 9.17) is 4.74 Å². The number of nitrogens with one attached hydrogen (secondary N) is 3. The molecule has 0 saturated carbocycles. The average molecular weight is 383 g/mol. The smallest absolute Gasteiger partial charge is 0.255 e. The Labute approximate surface area is 164 Å². The molecule has 0 bridgehead atoms. The Morgan fingerprint density at radius 2 is 1.36 bits per heavy atom. The molecular weight excluding hydrogens is 358 g/mol. The molecule has 0 saturated heterocycles. The van der Waals surface area contributed by atoms with Crippen LogP contribution in [-0.4, -0.2) is 37.4 Å². The minimum Gasteiger partial charge on any atom is -0.494 e. The van der Waals surface area contributed by atoms with E-state index in [-0.39, 0.29) is 17.7 Å². The van der Waals surface area contributed by atoms with Gasteiger partial charge in [-0.2, -0.15) is 0 Å². The fourth-order valence-electron chi connectivity index (χ4n) is 2.38. The van der Waals surface area contributed by atoms with Gasteiger partial charge in [0.15, 0.2) is 0 Å². The van der Waals surface area contributed by atoms with E-state index in [1.54, 1.807) is 55.5 Å². The van der Waals surface area contributed by atoms with Crippen LogP contribution >= 0.6 is 0 Å². The first kappa shape index (κ1) is 21.0. The first-order chi connectivity index (χ1) is 13.5. The summed E-state index contributed by atoms with van der Waals surface area (Å²) in [6, 6.07) is 13.5. The van der Waals surface area contributed by atoms with E-state index in [9.17, 15) is 14.4 Å². The van der Waals surface area contributed by atoms with E-state index < -0.39 is 0 Å². The van der Waals surface area contributed by atoms with Gasteiger partial charge in [0, 0.05) is 36.3 Å². The van der Waals surface area contributed by atoms with Crippen LogP contribution in [0.5, 0.6) is 5.75 Å². The summed E-state index contributed by atoms with van der Waals surface area (Å²) < 4.78 is 5.36. The van der Waals surface area contributed by atoms with Gasteiger partial charge in [0.05, 0.1) is 6.61 Å². The zero-order valence-corrected chi connectivity index (χ0v) is 16.1. The maximum atomic E-state index is 12.3. The lowest BCUT2D eigenvalue weighted by Gasteiger charge is -2.09. The molecule has 0 aliphatic heterocycles. The van der Waals surface area contributed by atoms with Crippen molar-refractivity contribution >= 4 is 23.4 Å². The molecule has 0 radical (unpaired) electrons. The summed E-state index contributed by atoms with van der Waals surface area (Å²) in [5.41, 5.74) is 1.57. The first-order valence-corrected chi connectivity index (χ1v) is 9.22. The predicted octanol–water partition coefficient (Wildman–Crippen LogP) is 2.59. The molecular formula is C21H25N3O4. The van der Waals surface area contributed by atoms with Gasteiger partial charge < -0.3 is 20.7 Å².